The van der Waals surface area contributed by atoms with Gasteiger partial charge in [0.1, 0.15) is 0 Å². The molecule has 1 aromatic carbocycles. The maximum Gasteiger partial charge on any atom is 0.0255 e. The molecule has 0 bridgehead atoms. The van der Waals surface area contributed by atoms with Gasteiger partial charge in [-0.05, 0) is 49.7 Å². The molecule has 0 spiro atoms. The highest BCUT2D eigenvalue weighted by Gasteiger charge is 2.12. The van der Waals surface area contributed by atoms with E-state index in [-0.39, 0.29) is 0 Å². The Morgan fingerprint density at radius 3 is 2.44 bits per heavy atom. The fourth-order valence-corrected chi connectivity index (χ4v) is 2.43. The maximum atomic E-state index is 6.05. The molecule has 0 saturated heterocycles. The molecule has 0 radical (unpaired) electrons. The average molecular weight is 239 g/mol. The van der Waals surface area contributed by atoms with Gasteiger partial charge in [-0.3, -0.25) is 0 Å². The van der Waals surface area contributed by atoms with Crippen LogP contribution in [0.1, 0.15) is 37.0 Å². The highest BCUT2D eigenvalue weighted by Crippen LogP contribution is 2.21. The summed E-state index contributed by atoms with van der Waals surface area (Å²) in [6, 6.07) is 6.69. The molecular weight excluding hydrogens is 216 g/mol. The zero-order valence-electron chi connectivity index (χ0n) is 10.9. The summed E-state index contributed by atoms with van der Waals surface area (Å²) < 4.78 is 0. The number of hydrogen-bond acceptors (Lipinski definition) is 0. The second-order valence-electron chi connectivity index (χ2n) is 5.28. The summed E-state index contributed by atoms with van der Waals surface area (Å²) in [6.07, 6.45) is 2.34. The molecule has 0 aliphatic heterocycles. The number of benzene rings is 1. The second-order valence-corrected chi connectivity index (χ2v) is 5.59. The predicted octanol–water partition coefficient (Wildman–Crippen LogP) is 4.75. The van der Waals surface area contributed by atoms with Gasteiger partial charge in [0.2, 0.25) is 0 Å². The molecule has 0 nitrogen and oxygen atoms in total. The molecule has 1 atom stereocenters. The lowest BCUT2D eigenvalue weighted by Crippen LogP contribution is -2.10. The van der Waals surface area contributed by atoms with Crippen LogP contribution in [0.4, 0.5) is 0 Å². The van der Waals surface area contributed by atoms with Gasteiger partial charge in [0.15, 0.2) is 0 Å². The molecule has 1 rings (SSSR count). The highest BCUT2D eigenvalue weighted by atomic mass is 35.5. The molecule has 0 saturated carbocycles. The Balaban J connectivity index is 2.73. The largest absolute Gasteiger partial charge is 0.126 e. The summed E-state index contributed by atoms with van der Waals surface area (Å²) in [5.74, 6) is 2.11. The number of aryl methyl sites for hydroxylation is 2. The zero-order chi connectivity index (χ0) is 12.1. The van der Waals surface area contributed by atoms with Crippen LogP contribution in [0, 0.1) is 25.7 Å². The Kier molecular flexibility index (Phi) is 5.34. The van der Waals surface area contributed by atoms with Gasteiger partial charge in [0.05, 0.1) is 0 Å². The van der Waals surface area contributed by atoms with Crippen LogP contribution in [0.3, 0.4) is 0 Å². The standard InChI is InChI=1S/C15H23Cl/c1-11(2)7-14(10-16)9-15-8-12(3)5-6-13(15)4/h5-6,8,11,14H,7,9-10H2,1-4H3. The monoisotopic (exact) mass is 238 g/mol. The maximum absolute atomic E-state index is 6.05. The Labute approximate surface area is 105 Å². The highest BCUT2D eigenvalue weighted by molar-refractivity contribution is 6.18. The van der Waals surface area contributed by atoms with Crippen molar-refractivity contribution in [3.8, 4) is 0 Å². The van der Waals surface area contributed by atoms with Crippen LogP contribution in [0.5, 0.6) is 0 Å². The molecule has 0 N–H and O–H groups in total. The average Bonchev–Trinajstić information content (AvgIpc) is 2.21. The van der Waals surface area contributed by atoms with E-state index >= 15 is 0 Å². The molecule has 0 aromatic heterocycles. The lowest BCUT2D eigenvalue weighted by molar-refractivity contribution is 0.440. The number of rotatable bonds is 5. The quantitative estimate of drug-likeness (QED) is 0.650. The number of halogens is 1. The minimum absolute atomic E-state index is 0.613. The molecular formula is C15H23Cl. The fourth-order valence-electron chi connectivity index (χ4n) is 2.20. The van der Waals surface area contributed by atoms with Crippen LogP contribution in [-0.2, 0) is 6.42 Å². The van der Waals surface area contributed by atoms with Crippen molar-refractivity contribution in [2.45, 2.75) is 40.5 Å². The van der Waals surface area contributed by atoms with Crippen molar-refractivity contribution in [1.82, 2.24) is 0 Å². The van der Waals surface area contributed by atoms with Gasteiger partial charge in [-0.25, -0.2) is 0 Å². The van der Waals surface area contributed by atoms with Gasteiger partial charge >= 0.3 is 0 Å². The van der Waals surface area contributed by atoms with Gasteiger partial charge in [0.25, 0.3) is 0 Å². The van der Waals surface area contributed by atoms with Crippen LogP contribution in [-0.4, -0.2) is 5.88 Å². The topological polar surface area (TPSA) is 0 Å². The first-order valence-corrected chi connectivity index (χ1v) is 6.68. The second kappa shape index (κ2) is 6.30. The molecule has 0 amide bonds. The normalized spacial score (nSPS) is 13.1. The smallest absolute Gasteiger partial charge is 0.0255 e. The lowest BCUT2D eigenvalue weighted by Gasteiger charge is -2.17. The van der Waals surface area contributed by atoms with E-state index in [1.807, 2.05) is 0 Å². The summed E-state index contributed by atoms with van der Waals surface area (Å²) >= 11 is 6.05. The van der Waals surface area contributed by atoms with Crippen LogP contribution in [0.25, 0.3) is 0 Å². The van der Waals surface area contributed by atoms with E-state index in [1.54, 1.807) is 0 Å². The van der Waals surface area contributed by atoms with E-state index in [0.29, 0.717) is 5.92 Å². The fraction of sp³-hybridized carbons (Fsp3) is 0.600. The molecule has 0 fully saturated rings. The molecule has 1 unspecified atom stereocenters. The molecule has 90 valence electrons. The molecule has 1 aromatic rings. The first-order valence-electron chi connectivity index (χ1n) is 6.15. The third-order valence-corrected chi connectivity index (χ3v) is 3.47. The van der Waals surface area contributed by atoms with Gasteiger partial charge in [-0.2, -0.15) is 0 Å². The Bertz CT molecular complexity index is 328. The van der Waals surface area contributed by atoms with Crippen molar-refractivity contribution in [1.29, 1.82) is 0 Å². The third-order valence-electron chi connectivity index (χ3n) is 3.04. The van der Waals surface area contributed by atoms with Crippen molar-refractivity contribution in [3.63, 3.8) is 0 Å². The van der Waals surface area contributed by atoms with Gasteiger partial charge in [-0.1, -0.05) is 37.6 Å². The molecule has 0 heterocycles. The van der Waals surface area contributed by atoms with Crippen molar-refractivity contribution in [2.24, 2.45) is 11.8 Å². The Hall–Kier alpha value is -0.490. The SMILES string of the molecule is Cc1ccc(C)c(CC(CCl)CC(C)C)c1. The van der Waals surface area contributed by atoms with E-state index in [0.717, 1.165) is 18.2 Å². The van der Waals surface area contributed by atoms with E-state index in [2.05, 4.69) is 45.9 Å². The first kappa shape index (κ1) is 13.6. The minimum Gasteiger partial charge on any atom is -0.126 e. The van der Waals surface area contributed by atoms with Gasteiger partial charge in [-0.15, -0.1) is 11.6 Å². The van der Waals surface area contributed by atoms with Crippen molar-refractivity contribution in [3.05, 3.63) is 34.9 Å². The number of hydrogen-bond donors (Lipinski definition) is 0. The summed E-state index contributed by atoms with van der Waals surface area (Å²) in [7, 11) is 0. The van der Waals surface area contributed by atoms with E-state index < -0.39 is 0 Å². The lowest BCUT2D eigenvalue weighted by atomic mass is 9.90. The Morgan fingerprint density at radius 2 is 1.88 bits per heavy atom. The van der Waals surface area contributed by atoms with Crippen LogP contribution in [0.15, 0.2) is 18.2 Å². The third kappa shape index (κ3) is 4.17. The van der Waals surface area contributed by atoms with Crippen molar-refractivity contribution >= 4 is 11.6 Å². The summed E-state index contributed by atoms with van der Waals surface area (Å²) in [5.41, 5.74) is 4.20. The first-order chi connectivity index (χ1) is 7.52. The van der Waals surface area contributed by atoms with Crippen molar-refractivity contribution in [2.75, 3.05) is 5.88 Å². The summed E-state index contributed by atoms with van der Waals surface area (Å²) in [4.78, 5) is 0. The van der Waals surface area contributed by atoms with Crippen LogP contribution >= 0.6 is 11.6 Å². The molecule has 16 heavy (non-hydrogen) atoms. The summed E-state index contributed by atoms with van der Waals surface area (Å²) in [5, 5.41) is 0. The van der Waals surface area contributed by atoms with Crippen LogP contribution in [0.2, 0.25) is 0 Å². The van der Waals surface area contributed by atoms with E-state index in [1.165, 1.54) is 23.1 Å². The predicted molar refractivity (Wildman–Crippen MR) is 73.3 cm³/mol. The van der Waals surface area contributed by atoms with Crippen molar-refractivity contribution < 1.29 is 0 Å². The summed E-state index contributed by atoms with van der Waals surface area (Å²) in [6.45, 7) is 8.88. The Morgan fingerprint density at radius 1 is 1.19 bits per heavy atom. The number of alkyl halides is 1. The molecule has 0 aliphatic rings. The molecule has 1 heteroatoms. The van der Waals surface area contributed by atoms with Gasteiger partial charge in [0, 0.05) is 5.88 Å². The minimum atomic E-state index is 0.613. The van der Waals surface area contributed by atoms with Gasteiger partial charge < -0.3 is 0 Å². The van der Waals surface area contributed by atoms with E-state index in [9.17, 15) is 0 Å². The van der Waals surface area contributed by atoms with E-state index in [4.69, 9.17) is 11.6 Å². The molecule has 0 aliphatic carbocycles. The zero-order valence-corrected chi connectivity index (χ0v) is 11.6. The van der Waals surface area contributed by atoms with Crippen LogP contribution < -0.4 is 0 Å².